The number of anilines is 1. The van der Waals surface area contributed by atoms with Crippen LogP contribution in [0.4, 0.5) is 5.00 Å². The van der Waals surface area contributed by atoms with Gasteiger partial charge in [-0.25, -0.2) is 4.79 Å². The van der Waals surface area contributed by atoms with E-state index in [2.05, 4.69) is 10.6 Å². The summed E-state index contributed by atoms with van der Waals surface area (Å²) >= 11 is 1.07. The predicted octanol–water partition coefficient (Wildman–Crippen LogP) is 3.38. The number of esters is 1. The topological polar surface area (TPSA) is 107 Å². The lowest BCUT2D eigenvalue weighted by Gasteiger charge is -2.07. The molecular weight excluding hydrogens is 408 g/mol. The minimum atomic E-state index is -0.632. The van der Waals surface area contributed by atoms with Crippen molar-refractivity contribution in [1.82, 2.24) is 5.32 Å². The van der Waals surface area contributed by atoms with Crippen molar-refractivity contribution in [2.45, 2.75) is 13.5 Å². The Morgan fingerprint density at radius 3 is 2.70 bits per heavy atom. The first-order chi connectivity index (χ1) is 14.5. The second-order valence-corrected chi connectivity index (χ2v) is 7.31. The van der Waals surface area contributed by atoms with Gasteiger partial charge >= 0.3 is 5.97 Å². The van der Waals surface area contributed by atoms with Crippen LogP contribution in [-0.2, 0) is 16.1 Å². The number of nitrogens with one attached hydrogen (secondary N) is 2. The fraction of sp³-hybridized carbons (Fsp3) is 0.190. The number of rotatable bonds is 8. The summed E-state index contributed by atoms with van der Waals surface area (Å²) in [6, 6.07) is 12.1. The Hall–Kier alpha value is -3.59. The molecule has 0 aliphatic heterocycles. The van der Waals surface area contributed by atoms with Gasteiger partial charge in [-0.2, -0.15) is 0 Å². The van der Waals surface area contributed by atoms with Crippen molar-refractivity contribution in [3.63, 3.8) is 0 Å². The van der Waals surface area contributed by atoms with Crippen molar-refractivity contribution >= 4 is 34.1 Å². The van der Waals surface area contributed by atoms with Crippen LogP contribution < -0.4 is 15.4 Å². The first-order valence-electron chi connectivity index (χ1n) is 8.98. The highest BCUT2D eigenvalue weighted by molar-refractivity contribution is 7.18. The summed E-state index contributed by atoms with van der Waals surface area (Å²) in [5.41, 5.74) is 1.50. The van der Waals surface area contributed by atoms with Gasteiger partial charge in [-0.3, -0.25) is 9.59 Å². The highest BCUT2D eigenvalue weighted by Crippen LogP contribution is 2.27. The van der Waals surface area contributed by atoms with E-state index in [1.54, 1.807) is 32.2 Å². The molecule has 2 aromatic heterocycles. The molecule has 0 aliphatic carbocycles. The smallest absolute Gasteiger partial charge is 0.349 e. The molecule has 3 aromatic rings. The molecule has 8 nitrogen and oxygen atoms in total. The summed E-state index contributed by atoms with van der Waals surface area (Å²) in [4.78, 5) is 36.7. The molecule has 0 spiro atoms. The van der Waals surface area contributed by atoms with Gasteiger partial charge in [0.1, 0.15) is 10.6 Å². The quantitative estimate of drug-likeness (QED) is 0.533. The third-order valence-electron chi connectivity index (χ3n) is 4.04. The van der Waals surface area contributed by atoms with Crippen LogP contribution in [0.15, 0.2) is 53.1 Å². The number of ether oxygens (including phenoxy) is 2. The average Bonchev–Trinajstić information content (AvgIpc) is 3.40. The molecule has 1 aromatic carbocycles. The molecular formula is C21H20N2O6S. The number of aryl methyl sites for hydroxylation is 1. The molecule has 30 heavy (non-hydrogen) atoms. The molecule has 0 saturated carbocycles. The third-order valence-corrected chi connectivity index (χ3v) is 5.18. The highest BCUT2D eigenvalue weighted by atomic mass is 32.1. The standard InChI is InChI=1S/C21H20N2O6S/c1-13-9-18(23-20(25)16-7-4-8-28-16)30-19(13)21(26)29-12-17(24)22-11-14-5-3-6-15(10-14)27-2/h3-10H,11-12H2,1-2H3,(H,22,24)(H,23,25). The Kier molecular flexibility index (Phi) is 6.87. The van der Waals surface area contributed by atoms with Crippen molar-refractivity contribution in [3.05, 3.63) is 70.5 Å². The molecule has 0 saturated heterocycles. The zero-order chi connectivity index (χ0) is 21.5. The maximum absolute atomic E-state index is 12.3. The molecule has 0 fully saturated rings. The van der Waals surface area contributed by atoms with Crippen LogP contribution >= 0.6 is 11.3 Å². The zero-order valence-electron chi connectivity index (χ0n) is 16.4. The van der Waals surface area contributed by atoms with E-state index >= 15 is 0 Å². The van der Waals surface area contributed by atoms with E-state index in [1.807, 2.05) is 18.2 Å². The monoisotopic (exact) mass is 428 g/mol. The lowest BCUT2D eigenvalue weighted by Crippen LogP contribution is -2.28. The van der Waals surface area contributed by atoms with Gasteiger partial charge in [-0.15, -0.1) is 11.3 Å². The maximum Gasteiger partial charge on any atom is 0.349 e. The first kappa shape index (κ1) is 21.1. The number of furan rings is 1. The molecule has 2 heterocycles. The number of amides is 2. The number of carbonyl (C=O) groups excluding carboxylic acids is 3. The average molecular weight is 428 g/mol. The van der Waals surface area contributed by atoms with E-state index in [0.29, 0.717) is 21.2 Å². The maximum atomic E-state index is 12.3. The Morgan fingerprint density at radius 2 is 1.97 bits per heavy atom. The number of hydrogen-bond donors (Lipinski definition) is 2. The van der Waals surface area contributed by atoms with Crippen LogP contribution in [0, 0.1) is 6.92 Å². The SMILES string of the molecule is COc1cccc(CNC(=O)COC(=O)c2sc(NC(=O)c3ccco3)cc2C)c1. The molecule has 2 N–H and O–H groups in total. The van der Waals surface area contributed by atoms with E-state index in [-0.39, 0.29) is 12.3 Å². The molecule has 0 atom stereocenters. The van der Waals surface area contributed by atoms with Crippen molar-refractivity contribution in [2.24, 2.45) is 0 Å². The van der Waals surface area contributed by atoms with Gasteiger partial charge in [0.2, 0.25) is 0 Å². The van der Waals surface area contributed by atoms with Gasteiger partial charge in [0.05, 0.1) is 18.4 Å². The van der Waals surface area contributed by atoms with E-state index < -0.39 is 24.4 Å². The second-order valence-electron chi connectivity index (χ2n) is 6.26. The fourth-order valence-electron chi connectivity index (χ4n) is 2.56. The van der Waals surface area contributed by atoms with Crippen LogP contribution in [0.5, 0.6) is 5.75 Å². The van der Waals surface area contributed by atoms with E-state index in [0.717, 1.165) is 16.9 Å². The highest BCUT2D eigenvalue weighted by Gasteiger charge is 2.18. The van der Waals surface area contributed by atoms with Crippen molar-refractivity contribution in [3.8, 4) is 5.75 Å². The van der Waals surface area contributed by atoms with Crippen molar-refractivity contribution < 1.29 is 28.3 Å². The van der Waals surface area contributed by atoms with Crippen LogP contribution in [0.1, 0.15) is 31.4 Å². The normalized spacial score (nSPS) is 10.3. The summed E-state index contributed by atoms with van der Waals surface area (Å²) in [5, 5.41) is 5.82. The summed E-state index contributed by atoms with van der Waals surface area (Å²) in [7, 11) is 1.57. The van der Waals surface area contributed by atoms with Gasteiger partial charge in [0.25, 0.3) is 11.8 Å². The minimum absolute atomic E-state index is 0.165. The Balaban J connectivity index is 1.50. The molecule has 156 valence electrons. The van der Waals surface area contributed by atoms with Crippen LogP contribution in [0.25, 0.3) is 0 Å². The number of hydrogen-bond acceptors (Lipinski definition) is 7. The van der Waals surface area contributed by atoms with Gasteiger partial charge in [0, 0.05) is 6.54 Å². The van der Waals surface area contributed by atoms with Crippen molar-refractivity contribution in [1.29, 1.82) is 0 Å². The molecule has 0 aliphatic rings. The number of benzene rings is 1. The van der Waals surface area contributed by atoms with E-state index in [4.69, 9.17) is 13.9 Å². The molecule has 0 bridgehead atoms. The molecule has 2 amide bonds. The zero-order valence-corrected chi connectivity index (χ0v) is 17.2. The summed E-state index contributed by atoms with van der Waals surface area (Å²) in [6.45, 7) is 1.60. The van der Waals surface area contributed by atoms with Crippen LogP contribution in [0.2, 0.25) is 0 Å². The van der Waals surface area contributed by atoms with Crippen LogP contribution in [0.3, 0.4) is 0 Å². The third kappa shape index (κ3) is 5.48. The molecule has 0 unspecified atom stereocenters. The molecule has 0 radical (unpaired) electrons. The summed E-state index contributed by atoms with van der Waals surface area (Å²) < 4.78 is 15.3. The number of methoxy groups -OCH3 is 1. The number of carbonyl (C=O) groups is 3. The summed E-state index contributed by atoms with van der Waals surface area (Å²) in [6.07, 6.45) is 1.40. The number of thiophene rings is 1. The van der Waals surface area contributed by atoms with Gasteiger partial charge in [0.15, 0.2) is 12.4 Å². The minimum Gasteiger partial charge on any atom is -0.497 e. The second kappa shape index (κ2) is 9.75. The van der Waals surface area contributed by atoms with Gasteiger partial charge in [-0.1, -0.05) is 12.1 Å². The Bertz CT molecular complexity index is 1040. The van der Waals surface area contributed by atoms with Gasteiger partial charge in [-0.05, 0) is 48.4 Å². The lowest BCUT2D eigenvalue weighted by atomic mass is 10.2. The molecule has 9 heteroatoms. The van der Waals surface area contributed by atoms with Crippen molar-refractivity contribution in [2.75, 3.05) is 19.0 Å². The Morgan fingerprint density at radius 1 is 1.13 bits per heavy atom. The predicted molar refractivity (Wildman–Crippen MR) is 111 cm³/mol. The largest absolute Gasteiger partial charge is 0.497 e. The molecule has 3 rings (SSSR count). The fourth-order valence-corrected chi connectivity index (χ4v) is 3.52. The summed E-state index contributed by atoms with van der Waals surface area (Å²) in [5.74, 6) is -0.619. The lowest BCUT2D eigenvalue weighted by molar-refractivity contribution is -0.124. The van der Waals surface area contributed by atoms with Gasteiger partial charge < -0.3 is 24.5 Å². The van der Waals surface area contributed by atoms with E-state index in [1.165, 1.54) is 12.3 Å². The Labute approximate surface area is 176 Å². The van der Waals surface area contributed by atoms with Crippen LogP contribution in [-0.4, -0.2) is 31.5 Å². The first-order valence-corrected chi connectivity index (χ1v) is 9.80. The van der Waals surface area contributed by atoms with E-state index in [9.17, 15) is 14.4 Å².